The number of nitrogens with zero attached hydrogens (tertiary/aromatic N) is 2. The molecule has 1 unspecified atom stereocenters. The lowest BCUT2D eigenvalue weighted by molar-refractivity contribution is 0.551. The van der Waals surface area contributed by atoms with Crippen LogP contribution in [0.2, 0.25) is 0 Å². The molecule has 0 aliphatic carbocycles. The smallest absolute Gasteiger partial charge is 0.148 e. The second-order valence-electron chi connectivity index (χ2n) is 5.53. The Kier molecular flexibility index (Phi) is 3.88. The third-order valence-electron chi connectivity index (χ3n) is 3.55. The largest absolute Gasteiger partial charge is 0.361 e. The van der Waals surface area contributed by atoms with Gasteiger partial charge in [0.15, 0.2) is 0 Å². The molecule has 0 spiro atoms. The molecule has 4 heteroatoms. The van der Waals surface area contributed by atoms with Crippen molar-refractivity contribution >= 4 is 28.2 Å². The zero-order valence-electron chi connectivity index (χ0n) is 12.5. The summed E-state index contributed by atoms with van der Waals surface area (Å²) in [5.74, 6) is 1.36. The molecule has 0 aliphatic heterocycles. The molecule has 1 aromatic carbocycles. The Hall–Kier alpha value is -1.94. The van der Waals surface area contributed by atoms with E-state index in [9.17, 15) is 0 Å². The molecule has 3 aromatic rings. The maximum absolute atomic E-state index is 4.74. The molecule has 21 heavy (non-hydrogen) atoms. The second kappa shape index (κ2) is 5.82. The topological polar surface area (TPSA) is 37.8 Å². The van der Waals surface area contributed by atoms with Crippen LogP contribution in [0.15, 0.2) is 41.8 Å². The maximum Gasteiger partial charge on any atom is 0.148 e. The molecule has 0 bridgehead atoms. The molecular formula is C17H19N3S. The second-order valence-corrected chi connectivity index (χ2v) is 6.51. The highest BCUT2D eigenvalue weighted by atomic mass is 32.1. The van der Waals surface area contributed by atoms with Gasteiger partial charge in [0.2, 0.25) is 0 Å². The number of anilines is 1. The fourth-order valence-corrected chi connectivity index (χ4v) is 3.36. The zero-order chi connectivity index (χ0) is 14.8. The van der Waals surface area contributed by atoms with Gasteiger partial charge in [-0.25, -0.2) is 9.97 Å². The van der Waals surface area contributed by atoms with Gasteiger partial charge >= 0.3 is 0 Å². The molecular weight excluding hydrogens is 278 g/mol. The number of hydrogen-bond donors (Lipinski definition) is 1. The molecule has 1 N–H and O–H groups in total. The highest BCUT2D eigenvalue weighted by molar-refractivity contribution is 7.10. The Morgan fingerprint density at radius 3 is 2.33 bits per heavy atom. The minimum absolute atomic E-state index is 0.263. The third kappa shape index (κ3) is 2.90. The molecule has 0 aliphatic rings. The number of para-hydroxylation sites is 2. The maximum atomic E-state index is 4.74. The number of thiophene rings is 1. The van der Waals surface area contributed by atoms with E-state index < -0.39 is 0 Å². The van der Waals surface area contributed by atoms with Crippen LogP contribution < -0.4 is 5.32 Å². The predicted molar refractivity (Wildman–Crippen MR) is 89.8 cm³/mol. The van der Waals surface area contributed by atoms with Crippen LogP contribution in [0.3, 0.4) is 0 Å². The van der Waals surface area contributed by atoms with Gasteiger partial charge in [-0.2, -0.15) is 0 Å². The van der Waals surface area contributed by atoms with Crippen molar-refractivity contribution in [2.45, 2.75) is 26.8 Å². The average molecular weight is 297 g/mol. The third-order valence-corrected chi connectivity index (χ3v) is 4.51. The summed E-state index contributed by atoms with van der Waals surface area (Å²) < 4.78 is 0. The van der Waals surface area contributed by atoms with E-state index in [1.807, 2.05) is 31.2 Å². The summed E-state index contributed by atoms with van der Waals surface area (Å²) in [5, 5.41) is 5.69. The number of hydrogen-bond acceptors (Lipinski definition) is 4. The van der Waals surface area contributed by atoms with E-state index in [2.05, 4.69) is 41.7 Å². The van der Waals surface area contributed by atoms with Gasteiger partial charge in [0.1, 0.15) is 5.82 Å². The molecule has 2 heterocycles. The number of aryl methyl sites for hydroxylation is 1. The van der Waals surface area contributed by atoms with E-state index in [1.54, 1.807) is 11.3 Å². The summed E-state index contributed by atoms with van der Waals surface area (Å²) >= 11 is 1.78. The van der Waals surface area contributed by atoms with E-state index in [-0.39, 0.29) is 6.04 Å². The van der Waals surface area contributed by atoms with Crippen LogP contribution in [0.25, 0.3) is 11.0 Å². The minimum atomic E-state index is 0.263. The number of benzene rings is 1. The van der Waals surface area contributed by atoms with Gasteiger partial charge < -0.3 is 5.32 Å². The first kappa shape index (κ1) is 14.0. The van der Waals surface area contributed by atoms with Crippen LogP contribution in [0.4, 0.5) is 5.82 Å². The van der Waals surface area contributed by atoms with Gasteiger partial charge in [0, 0.05) is 4.88 Å². The molecule has 3 rings (SSSR count). The van der Waals surface area contributed by atoms with Crippen LogP contribution in [-0.2, 0) is 0 Å². The Morgan fingerprint density at radius 2 is 1.71 bits per heavy atom. The molecule has 2 aromatic heterocycles. The van der Waals surface area contributed by atoms with Crippen molar-refractivity contribution in [3.05, 3.63) is 52.3 Å². The first-order valence-electron chi connectivity index (χ1n) is 7.18. The van der Waals surface area contributed by atoms with Crippen molar-refractivity contribution < 1.29 is 0 Å². The summed E-state index contributed by atoms with van der Waals surface area (Å²) in [6, 6.07) is 12.5. The Morgan fingerprint density at radius 1 is 1.00 bits per heavy atom. The standard InChI is InChI=1S/C17H19N3S/c1-11(2)16(15-9-6-10-21-15)20-17-12(3)18-13-7-4-5-8-14(13)19-17/h4-11,16H,1-3H3,(H,19,20). The van der Waals surface area contributed by atoms with Crippen molar-refractivity contribution in [3.63, 3.8) is 0 Å². The minimum Gasteiger partial charge on any atom is -0.361 e. The quantitative estimate of drug-likeness (QED) is 0.751. The summed E-state index contributed by atoms with van der Waals surface area (Å²) in [5.41, 5.74) is 2.81. The van der Waals surface area contributed by atoms with Crippen molar-refractivity contribution in [2.24, 2.45) is 5.92 Å². The molecule has 0 saturated carbocycles. The number of rotatable bonds is 4. The molecule has 0 amide bonds. The van der Waals surface area contributed by atoms with Gasteiger partial charge in [-0.15, -0.1) is 11.3 Å². The molecule has 0 saturated heterocycles. The average Bonchev–Trinajstić information content (AvgIpc) is 2.98. The molecule has 108 valence electrons. The van der Waals surface area contributed by atoms with Crippen molar-refractivity contribution in [3.8, 4) is 0 Å². The SMILES string of the molecule is Cc1nc2ccccc2nc1NC(c1cccs1)C(C)C. The number of aromatic nitrogens is 2. The van der Waals surface area contributed by atoms with Gasteiger partial charge in [0.25, 0.3) is 0 Å². The summed E-state index contributed by atoms with van der Waals surface area (Å²) in [4.78, 5) is 10.7. The van der Waals surface area contributed by atoms with Gasteiger partial charge in [-0.1, -0.05) is 32.0 Å². The van der Waals surface area contributed by atoms with Crippen LogP contribution >= 0.6 is 11.3 Å². The highest BCUT2D eigenvalue weighted by Crippen LogP contribution is 2.30. The van der Waals surface area contributed by atoms with E-state index >= 15 is 0 Å². The van der Waals surface area contributed by atoms with Gasteiger partial charge in [-0.05, 0) is 36.4 Å². The Labute approximate surface area is 129 Å². The van der Waals surface area contributed by atoms with E-state index in [0.717, 1.165) is 22.5 Å². The van der Waals surface area contributed by atoms with Crippen molar-refractivity contribution in [2.75, 3.05) is 5.32 Å². The number of nitrogens with one attached hydrogen (secondary N) is 1. The number of fused-ring (bicyclic) bond motifs is 1. The molecule has 1 atom stereocenters. The molecule has 3 nitrogen and oxygen atoms in total. The van der Waals surface area contributed by atoms with Gasteiger partial charge in [0.05, 0.1) is 22.8 Å². The lowest BCUT2D eigenvalue weighted by Crippen LogP contribution is -2.17. The normalized spacial score (nSPS) is 12.8. The lowest BCUT2D eigenvalue weighted by atomic mass is 10.0. The summed E-state index contributed by atoms with van der Waals surface area (Å²) in [7, 11) is 0. The molecule has 0 radical (unpaired) electrons. The van der Waals surface area contributed by atoms with Crippen LogP contribution in [0.5, 0.6) is 0 Å². The van der Waals surface area contributed by atoms with Crippen molar-refractivity contribution in [1.29, 1.82) is 0 Å². The summed E-state index contributed by atoms with van der Waals surface area (Å²) in [6.07, 6.45) is 0. The fourth-order valence-electron chi connectivity index (χ4n) is 2.41. The summed E-state index contributed by atoms with van der Waals surface area (Å²) in [6.45, 7) is 6.45. The predicted octanol–water partition coefficient (Wildman–Crippen LogP) is 4.81. The van der Waals surface area contributed by atoms with E-state index in [0.29, 0.717) is 5.92 Å². The molecule has 0 fully saturated rings. The van der Waals surface area contributed by atoms with E-state index in [1.165, 1.54) is 4.88 Å². The fraction of sp³-hybridized carbons (Fsp3) is 0.294. The monoisotopic (exact) mass is 297 g/mol. The Bertz CT molecular complexity index is 735. The highest BCUT2D eigenvalue weighted by Gasteiger charge is 2.18. The first-order valence-corrected chi connectivity index (χ1v) is 8.06. The lowest BCUT2D eigenvalue weighted by Gasteiger charge is -2.22. The van der Waals surface area contributed by atoms with Crippen LogP contribution in [0.1, 0.15) is 30.5 Å². The van der Waals surface area contributed by atoms with Gasteiger partial charge in [-0.3, -0.25) is 0 Å². The van der Waals surface area contributed by atoms with Crippen LogP contribution in [-0.4, -0.2) is 9.97 Å². The van der Waals surface area contributed by atoms with E-state index in [4.69, 9.17) is 4.98 Å². The van der Waals surface area contributed by atoms with Crippen molar-refractivity contribution in [1.82, 2.24) is 9.97 Å². The Balaban J connectivity index is 1.98. The first-order chi connectivity index (χ1) is 10.1. The van der Waals surface area contributed by atoms with Crippen LogP contribution in [0, 0.1) is 12.8 Å². The zero-order valence-corrected chi connectivity index (χ0v) is 13.3.